The molecule has 7 aromatic rings. The van der Waals surface area contributed by atoms with Gasteiger partial charge < -0.3 is 20.1 Å². The number of hydrogen-bond acceptors (Lipinski definition) is 8. The molecule has 0 saturated carbocycles. The van der Waals surface area contributed by atoms with Crippen LogP contribution in [0.15, 0.2) is 233 Å². The van der Waals surface area contributed by atoms with Crippen molar-refractivity contribution in [2.24, 2.45) is 20.6 Å². The zero-order chi connectivity index (χ0) is 38.2. The quantitative estimate of drug-likeness (QED) is 0.0589. The largest absolute Gasteiger partial charge is 0.411 e. The normalized spacial score (nSPS) is 11.1. The maximum absolute atomic E-state index is 8.63. The van der Waals surface area contributed by atoms with Crippen molar-refractivity contribution in [1.29, 1.82) is 0 Å². The van der Waals surface area contributed by atoms with Crippen LogP contribution in [-0.2, 0) is 16.8 Å². The van der Waals surface area contributed by atoms with Crippen LogP contribution < -0.4 is 25.6 Å². The van der Waals surface area contributed by atoms with Crippen molar-refractivity contribution >= 4 is 47.7 Å². The summed E-state index contributed by atoms with van der Waals surface area (Å²) in [5.74, 6) is 1.24. The Morgan fingerprint density at radius 3 is 0.893 bits per heavy atom. The Kier molecular flexibility index (Phi) is 18.5. The molecular weight excluding hydrogens is 762 g/mol. The molecule has 0 aliphatic carbocycles. The van der Waals surface area contributed by atoms with E-state index in [1.54, 1.807) is 24.3 Å². The average Bonchev–Trinajstić information content (AvgIpc) is 3.27. The Morgan fingerprint density at radius 2 is 0.625 bits per heavy atom. The smallest absolute Gasteiger partial charge is 0.157 e. The first-order chi connectivity index (χ1) is 27.2. The van der Waals surface area contributed by atoms with Gasteiger partial charge in [0, 0.05) is 27.9 Å². The minimum atomic E-state index is -0.446. The van der Waals surface area contributed by atoms with E-state index in [1.807, 2.05) is 97.1 Å². The average molecular weight is 802 g/mol. The van der Waals surface area contributed by atoms with Gasteiger partial charge in [-0.25, -0.2) is 0 Å². The van der Waals surface area contributed by atoms with Crippen molar-refractivity contribution in [1.82, 2.24) is 0 Å². The third kappa shape index (κ3) is 14.0. The molecule has 0 atom stereocenters. The van der Waals surface area contributed by atoms with Crippen molar-refractivity contribution in [3.05, 3.63) is 223 Å². The number of rotatable bonds is 11. The molecule has 2 N–H and O–H groups in total. The number of hydrogen-bond donors (Lipinski definition) is 2. The van der Waals surface area contributed by atoms with Crippen LogP contribution in [0, 0.1) is 0 Å². The fourth-order valence-electron chi connectivity index (χ4n) is 4.97. The second-order valence-electron chi connectivity index (χ2n) is 11.3. The van der Waals surface area contributed by atoms with Crippen LogP contribution in [0.25, 0.3) is 0 Å². The minimum absolute atomic E-state index is 0. The zero-order valence-corrected chi connectivity index (χ0v) is 32.1. The Bertz CT molecular complexity index is 2020. The molecule has 0 saturated heterocycles. The summed E-state index contributed by atoms with van der Waals surface area (Å²) in [6.45, 7) is 0. The van der Waals surface area contributed by atoms with Crippen LogP contribution in [0.3, 0.4) is 0 Å². The van der Waals surface area contributed by atoms with Crippen molar-refractivity contribution < 1.29 is 36.9 Å². The predicted octanol–water partition coefficient (Wildman–Crippen LogP) is 9.30. The molecule has 0 fully saturated rings. The number of benzene rings is 7. The molecule has 10 heteroatoms. The zero-order valence-electron chi connectivity index (χ0n) is 30.1. The maximum Gasteiger partial charge on any atom is 0.157 e. The van der Waals surface area contributed by atoms with Gasteiger partial charge in [-0.05, 0) is 48.1 Å². The summed E-state index contributed by atoms with van der Waals surface area (Å²) in [5.41, 5.74) is 2.52. The summed E-state index contributed by atoms with van der Waals surface area (Å²) >= 11 is 0. The summed E-state index contributed by atoms with van der Waals surface area (Å²) < 4.78 is 0. The van der Waals surface area contributed by atoms with E-state index in [0.29, 0.717) is 22.9 Å². The molecule has 281 valence electrons. The Balaban J connectivity index is 0.000000185. The third-order valence-corrected chi connectivity index (χ3v) is 9.97. The Labute approximate surface area is 338 Å². The summed E-state index contributed by atoms with van der Waals surface area (Å²) in [4.78, 5) is 10.5. The summed E-state index contributed by atoms with van der Waals surface area (Å²) in [5, 5.41) is 35.4. The summed E-state index contributed by atoms with van der Waals surface area (Å²) in [6, 6.07) is 69.4. The van der Waals surface area contributed by atoms with Gasteiger partial charge >= 0.3 is 0 Å². The number of para-hydroxylation sites is 2. The SMILES string of the molecule is ON=CC(=NOc1ccccc1)c1ccccc1.ON=CC(=NOc1ccccc1)c1ccccc1.[Co].c1ccc(P(c2ccccc2)c2ccccc2)cc1. The molecule has 1 radical (unpaired) electrons. The fourth-order valence-corrected chi connectivity index (χ4v) is 7.28. The predicted molar refractivity (Wildman–Crippen MR) is 226 cm³/mol. The van der Waals surface area contributed by atoms with E-state index in [4.69, 9.17) is 20.1 Å². The standard InChI is InChI=1S/C18H15P.2C14H12N2O2.Co/c1-4-10-16(11-5-1)19(17-12-6-2-7-13-17)18-14-8-3-9-15-18;2*17-15-11-14(12-7-3-1-4-8-12)16-18-13-9-5-2-6-10-13;/h1-15H;2*1-11,17H;. The van der Waals surface area contributed by atoms with E-state index in [1.165, 1.54) is 28.3 Å². The molecule has 8 nitrogen and oxygen atoms in total. The van der Waals surface area contributed by atoms with Gasteiger partial charge in [0.1, 0.15) is 11.4 Å². The van der Waals surface area contributed by atoms with Crippen LogP contribution in [-0.4, -0.2) is 34.3 Å². The van der Waals surface area contributed by atoms with Gasteiger partial charge in [0.05, 0.1) is 12.4 Å². The Hall–Kier alpha value is -6.64. The van der Waals surface area contributed by atoms with E-state index >= 15 is 0 Å². The van der Waals surface area contributed by atoms with Gasteiger partial charge in [0.2, 0.25) is 0 Å². The van der Waals surface area contributed by atoms with Gasteiger partial charge in [0.25, 0.3) is 0 Å². The second-order valence-corrected chi connectivity index (χ2v) is 13.5. The van der Waals surface area contributed by atoms with Crippen molar-refractivity contribution in [3.63, 3.8) is 0 Å². The third-order valence-electron chi connectivity index (χ3n) is 7.53. The van der Waals surface area contributed by atoms with Crippen LogP contribution in [0.5, 0.6) is 11.5 Å². The second kappa shape index (κ2) is 24.6. The molecule has 0 aliphatic rings. The Morgan fingerprint density at radius 1 is 0.375 bits per heavy atom. The van der Waals surface area contributed by atoms with Crippen LogP contribution in [0.2, 0.25) is 0 Å². The first-order valence-electron chi connectivity index (χ1n) is 17.3. The van der Waals surface area contributed by atoms with Crippen LogP contribution in [0.1, 0.15) is 11.1 Å². The van der Waals surface area contributed by atoms with E-state index in [0.717, 1.165) is 11.1 Å². The molecule has 0 unspecified atom stereocenters. The van der Waals surface area contributed by atoms with Crippen molar-refractivity contribution in [2.75, 3.05) is 0 Å². The van der Waals surface area contributed by atoms with Crippen molar-refractivity contribution in [2.45, 2.75) is 0 Å². The molecule has 0 aromatic heterocycles. The first-order valence-corrected chi connectivity index (χ1v) is 18.6. The summed E-state index contributed by atoms with van der Waals surface area (Å²) in [7, 11) is -0.446. The fraction of sp³-hybridized carbons (Fsp3) is 0. The van der Waals surface area contributed by atoms with E-state index in [2.05, 4.69) is 112 Å². The molecule has 7 aromatic carbocycles. The topological polar surface area (TPSA) is 108 Å². The van der Waals surface area contributed by atoms with Crippen LogP contribution in [0.4, 0.5) is 0 Å². The molecule has 56 heavy (non-hydrogen) atoms. The van der Waals surface area contributed by atoms with Crippen LogP contribution >= 0.6 is 7.92 Å². The van der Waals surface area contributed by atoms with E-state index in [-0.39, 0.29) is 16.8 Å². The van der Waals surface area contributed by atoms with Gasteiger partial charge in [0.15, 0.2) is 11.5 Å². The molecule has 0 spiro atoms. The summed E-state index contributed by atoms with van der Waals surface area (Å²) in [6.07, 6.45) is 2.47. The molecule has 7 rings (SSSR count). The monoisotopic (exact) mass is 801 g/mol. The van der Waals surface area contributed by atoms with Gasteiger partial charge in [-0.2, -0.15) is 0 Å². The molecular formula is C46H39CoN4O4P. The van der Waals surface area contributed by atoms with Gasteiger partial charge in [-0.15, -0.1) is 0 Å². The number of oxime groups is 4. The van der Waals surface area contributed by atoms with Gasteiger partial charge in [-0.1, -0.05) is 209 Å². The molecule has 0 amide bonds. The number of nitrogens with zero attached hydrogens (tertiary/aromatic N) is 4. The maximum atomic E-state index is 8.63. The molecule has 0 bridgehead atoms. The molecule has 0 aliphatic heterocycles. The molecule has 0 heterocycles. The van der Waals surface area contributed by atoms with Gasteiger partial charge in [-0.3, -0.25) is 0 Å². The minimum Gasteiger partial charge on any atom is -0.411 e. The first kappa shape index (κ1) is 42.1. The van der Waals surface area contributed by atoms with Crippen molar-refractivity contribution in [3.8, 4) is 11.5 Å². The van der Waals surface area contributed by atoms with E-state index in [9.17, 15) is 0 Å². The van der Waals surface area contributed by atoms with E-state index < -0.39 is 7.92 Å².